The number of phosphoric acid groups is 1. The van der Waals surface area contributed by atoms with Crippen LogP contribution in [-0.4, -0.2) is 77.9 Å². The number of aliphatic hydroxyl groups excluding tert-OH is 2. The Bertz CT molecular complexity index is 913. The Labute approximate surface area is 296 Å². The van der Waals surface area contributed by atoms with Gasteiger partial charge in [0.25, 0.3) is 0 Å². The maximum Gasteiger partial charge on any atom is 0.472 e. The molecule has 0 aromatic rings. The van der Waals surface area contributed by atoms with Crippen LogP contribution >= 0.6 is 7.82 Å². The van der Waals surface area contributed by atoms with E-state index in [4.69, 9.17) is 23.8 Å². The largest absolute Gasteiger partial charge is 0.472 e. The summed E-state index contributed by atoms with van der Waals surface area (Å²) in [7, 11) is -4.61. The Morgan fingerprint density at radius 3 is 2.04 bits per heavy atom. The molecule has 5 atom stereocenters. The SMILES string of the molecule is CCCCCC1OC1C/C=C\CCCCCCCC(=O)OC[C@H](COP(=O)(O)OC[C@@H](O)CO)OC(=O)CCCCCCCCCC(C)C. The third-order valence-electron chi connectivity index (χ3n) is 8.52. The van der Waals surface area contributed by atoms with E-state index in [1.165, 1.54) is 51.4 Å². The molecule has 11 nitrogen and oxygen atoms in total. The molecule has 1 rings (SSSR count). The molecule has 0 aromatic carbocycles. The van der Waals surface area contributed by atoms with Crippen molar-refractivity contribution < 1.29 is 52.5 Å². The van der Waals surface area contributed by atoms with Crippen LogP contribution in [0, 0.1) is 5.92 Å². The average Bonchev–Trinajstić information content (AvgIpc) is 3.82. The summed E-state index contributed by atoms with van der Waals surface area (Å²) < 4.78 is 38.3. The van der Waals surface area contributed by atoms with Gasteiger partial charge in [-0.3, -0.25) is 18.6 Å². The van der Waals surface area contributed by atoms with Gasteiger partial charge in [0.15, 0.2) is 6.10 Å². The van der Waals surface area contributed by atoms with Crippen LogP contribution in [0.4, 0.5) is 0 Å². The minimum Gasteiger partial charge on any atom is -0.462 e. The summed E-state index contributed by atoms with van der Waals surface area (Å²) in [5.41, 5.74) is 0. The monoisotopic (exact) mass is 720 g/mol. The number of ether oxygens (including phenoxy) is 3. The number of rotatable bonds is 34. The van der Waals surface area contributed by atoms with Crippen LogP contribution in [0.5, 0.6) is 0 Å². The minimum absolute atomic E-state index is 0.179. The van der Waals surface area contributed by atoms with Crippen molar-refractivity contribution in [3.8, 4) is 0 Å². The van der Waals surface area contributed by atoms with E-state index in [0.29, 0.717) is 25.0 Å². The normalized spacial score (nSPS) is 18.4. The highest BCUT2D eigenvalue weighted by atomic mass is 31.2. The molecule has 0 bridgehead atoms. The lowest BCUT2D eigenvalue weighted by molar-refractivity contribution is -0.161. The number of hydrogen-bond donors (Lipinski definition) is 3. The molecule has 1 fully saturated rings. The highest BCUT2D eigenvalue weighted by Gasteiger charge is 2.36. The van der Waals surface area contributed by atoms with Crippen molar-refractivity contribution in [2.75, 3.05) is 26.4 Å². The fraction of sp³-hybridized carbons (Fsp3) is 0.892. The predicted octanol–water partition coefficient (Wildman–Crippen LogP) is 8.12. The number of esters is 2. The van der Waals surface area contributed by atoms with Crippen LogP contribution in [0.2, 0.25) is 0 Å². The first-order valence-corrected chi connectivity index (χ1v) is 20.6. The molecule has 12 heteroatoms. The second-order valence-electron chi connectivity index (χ2n) is 13.8. The quantitative estimate of drug-likeness (QED) is 0.0194. The number of carbonyl (C=O) groups excluding carboxylic acids is 2. The summed E-state index contributed by atoms with van der Waals surface area (Å²) in [6.07, 6.45) is 23.8. The van der Waals surface area contributed by atoms with E-state index in [-0.39, 0.29) is 19.4 Å². The third-order valence-corrected chi connectivity index (χ3v) is 9.47. The number of phosphoric ester groups is 1. The number of allylic oxidation sites excluding steroid dienone is 1. The topological polar surface area (TPSA) is 161 Å². The van der Waals surface area contributed by atoms with Gasteiger partial charge in [-0.2, -0.15) is 0 Å². The molecule has 288 valence electrons. The average molecular weight is 721 g/mol. The van der Waals surface area contributed by atoms with Crippen LogP contribution in [0.3, 0.4) is 0 Å². The molecule has 1 heterocycles. The van der Waals surface area contributed by atoms with Crippen LogP contribution in [0.15, 0.2) is 12.2 Å². The van der Waals surface area contributed by atoms with Gasteiger partial charge in [-0.25, -0.2) is 4.57 Å². The van der Waals surface area contributed by atoms with Crippen LogP contribution in [0.25, 0.3) is 0 Å². The van der Waals surface area contributed by atoms with Gasteiger partial charge in [0, 0.05) is 12.8 Å². The summed E-state index contributed by atoms with van der Waals surface area (Å²) in [5, 5.41) is 18.3. The lowest BCUT2D eigenvalue weighted by Crippen LogP contribution is -2.29. The lowest BCUT2D eigenvalue weighted by atomic mass is 10.0. The molecule has 0 amide bonds. The van der Waals surface area contributed by atoms with Gasteiger partial charge in [-0.1, -0.05) is 116 Å². The summed E-state index contributed by atoms with van der Waals surface area (Å²) >= 11 is 0. The molecule has 0 saturated carbocycles. The Hall–Kier alpha value is -1.33. The molecule has 3 unspecified atom stereocenters. The molecule has 0 aliphatic carbocycles. The van der Waals surface area contributed by atoms with Gasteiger partial charge in [-0.15, -0.1) is 0 Å². The summed E-state index contributed by atoms with van der Waals surface area (Å²) in [6, 6.07) is 0. The molecule has 49 heavy (non-hydrogen) atoms. The lowest BCUT2D eigenvalue weighted by Gasteiger charge is -2.20. The first kappa shape index (κ1) is 45.7. The fourth-order valence-electron chi connectivity index (χ4n) is 5.42. The fourth-order valence-corrected chi connectivity index (χ4v) is 6.21. The van der Waals surface area contributed by atoms with E-state index in [0.717, 1.165) is 63.7 Å². The standard InChI is InChI=1S/C37H69O11P/c1-4-5-17-23-34-35(48-34)24-19-14-10-6-7-11-15-20-25-36(40)44-29-33(30-46-49(42,43)45-28-32(39)27-38)47-37(41)26-21-16-12-8-9-13-18-22-31(2)3/h14,19,31-35,38-39H,4-13,15-18,20-30H2,1-3H3,(H,42,43)/b19-14-/t32-,33+,34?,35?/m0/s1. The van der Waals surface area contributed by atoms with Crippen molar-refractivity contribution >= 4 is 19.8 Å². The molecule has 0 aromatic heterocycles. The smallest absolute Gasteiger partial charge is 0.462 e. The molecular formula is C37H69O11P. The van der Waals surface area contributed by atoms with Gasteiger partial charge in [0.2, 0.25) is 0 Å². The van der Waals surface area contributed by atoms with Crippen molar-refractivity contribution in [1.82, 2.24) is 0 Å². The third kappa shape index (κ3) is 28.0. The molecule has 1 aliphatic heterocycles. The first-order valence-electron chi connectivity index (χ1n) is 19.1. The molecule has 1 saturated heterocycles. The highest BCUT2D eigenvalue weighted by molar-refractivity contribution is 7.47. The minimum atomic E-state index is -4.61. The molecule has 0 spiro atoms. The van der Waals surface area contributed by atoms with Crippen LogP contribution in [0.1, 0.15) is 156 Å². The van der Waals surface area contributed by atoms with E-state index in [2.05, 4.69) is 37.4 Å². The van der Waals surface area contributed by atoms with E-state index in [1.807, 2.05) is 0 Å². The number of hydrogen-bond acceptors (Lipinski definition) is 10. The maximum absolute atomic E-state index is 12.5. The number of aliphatic hydroxyl groups is 2. The van der Waals surface area contributed by atoms with E-state index < -0.39 is 51.8 Å². The van der Waals surface area contributed by atoms with Crippen molar-refractivity contribution in [2.45, 2.75) is 180 Å². The number of epoxide rings is 1. The summed E-state index contributed by atoms with van der Waals surface area (Å²) in [5.74, 6) is -0.213. The van der Waals surface area contributed by atoms with Crippen molar-refractivity contribution in [3.63, 3.8) is 0 Å². The molecule has 0 radical (unpaired) electrons. The van der Waals surface area contributed by atoms with E-state index >= 15 is 0 Å². The number of carbonyl (C=O) groups is 2. The highest BCUT2D eigenvalue weighted by Crippen LogP contribution is 2.43. The van der Waals surface area contributed by atoms with Gasteiger partial charge >= 0.3 is 19.8 Å². The zero-order valence-corrected chi connectivity index (χ0v) is 31.7. The predicted molar refractivity (Wildman–Crippen MR) is 191 cm³/mol. The summed E-state index contributed by atoms with van der Waals surface area (Å²) in [4.78, 5) is 34.8. The van der Waals surface area contributed by atoms with Gasteiger partial charge in [-0.05, 0) is 44.4 Å². The molecular weight excluding hydrogens is 651 g/mol. The van der Waals surface area contributed by atoms with Crippen molar-refractivity contribution in [1.29, 1.82) is 0 Å². The van der Waals surface area contributed by atoms with Crippen LogP contribution < -0.4 is 0 Å². The Kier molecular flexibility index (Phi) is 27.3. The molecule has 3 N–H and O–H groups in total. The summed E-state index contributed by atoms with van der Waals surface area (Å²) in [6.45, 7) is 4.56. The Morgan fingerprint density at radius 1 is 0.776 bits per heavy atom. The van der Waals surface area contributed by atoms with E-state index in [1.54, 1.807) is 0 Å². The Morgan fingerprint density at radius 2 is 1.39 bits per heavy atom. The van der Waals surface area contributed by atoms with Gasteiger partial charge in [0.1, 0.15) is 12.7 Å². The number of unbranched alkanes of at least 4 members (excludes halogenated alkanes) is 13. The molecule has 1 aliphatic rings. The van der Waals surface area contributed by atoms with Crippen molar-refractivity contribution in [2.24, 2.45) is 5.92 Å². The maximum atomic E-state index is 12.5. The second kappa shape index (κ2) is 29.3. The van der Waals surface area contributed by atoms with Gasteiger partial charge in [0.05, 0.1) is 32.0 Å². The van der Waals surface area contributed by atoms with E-state index in [9.17, 15) is 24.2 Å². The second-order valence-corrected chi connectivity index (χ2v) is 15.3. The van der Waals surface area contributed by atoms with Crippen molar-refractivity contribution in [3.05, 3.63) is 12.2 Å². The zero-order valence-electron chi connectivity index (χ0n) is 30.8. The zero-order chi connectivity index (χ0) is 36.2. The van der Waals surface area contributed by atoms with Crippen LogP contribution in [-0.2, 0) is 37.4 Å². The van der Waals surface area contributed by atoms with Gasteiger partial charge < -0.3 is 29.3 Å². The Balaban J connectivity index is 2.28. The first-order chi connectivity index (χ1) is 23.6.